The number of rotatable bonds is 11. The number of aliphatic hydroxyl groups excluding tert-OH is 2. The van der Waals surface area contributed by atoms with Gasteiger partial charge in [-0.2, -0.15) is 0 Å². The van der Waals surface area contributed by atoms with Crippen molar-refractivity contribution in [2.75, 3.05) is 0 Å². The first-order valence-electron chi connectivity index (χ1n) is 12.1. The largest absolute Gasteiger partial charge is 0.380 e. The van der Waals surface area contributed by atoms with Gasteiger partial charge in [0, 0.05) is 0 Å². The molecule has 1 unspecified atom stereocenters. The Kier molecular flexibility index (Phi) is 7.93. The lowest BCUT2D eigenvalue weighted by molar-refractivity contribution is -0.698. The van der Waals surface area contributed by atoms with Gasteiger partial charge in [0.1, 0.15) is 24.6 Å². The Hall–Kier alpha value is -3.22. The van der Waals surface area contributed by atoms with Crippen molar-refractivity contribution in [2.45, 2.75) is 51.0 Å². The van der Waals surface area contributed by atoms with Crippen LogP contribution in [-0.2, 0) is 27.2 Å². The second-order valence-corrected chi connectivity index (χ2v) is 9.08. The van der Waals surface area contributed by atoms with E-state index in [2.05, 4.69) is 34.2 Å². The molecular weight excluding hydrogens is 424 g/mol. The van der Waals surface area contributed by atoms with Gasteiger partial charge < -0.3 is 10.2 Å². The first-order valence-corrected chi connectivity index (χ1v) is 12.1. The Labute approximate surface area is 202 Å². The molecular formula is C28H36N4O2+2. The minimum absolute atomic E-state index is 0.611. The van der Waals surface area contributed by atoms with Gasteiger partial charge in [-0.25, -0.2) is 18.3 Å². The van der Waals surface area contributed by atoms with Gasteiger partial charge in [-0.05, 0) is 36.8 Å². The van der Waals surface area contributed by atoms with Crippen LogP contribution in [0.2, 0.25) is 0 Å². The van der Waals surface area contributed by atoms with Gasteiger partial charge in [0.05, 0.1) is 27.2 Å². The summed E-state index contributed by atoms with van der Waals surface area (Å²) in [6, 6.07) is 19.6. The van der Waals surface area contributed by atoms with Crippen molar-refractivity contribution in [1.29, 1.82) is 0 Å². The number of unbranched alkanes of at least 4 members (excludes halogenated alkanes) is 3. The molecule has 0 aliphatic rings. The second kappa shape index (κ2) is 11.3. The maximum absolute atomic E-state index is 10.7. The number of imidazole rings is 2. The minimum atomic E-state index is -0.611. The van der Waals surface area contributed by atoms with Crippen molar-refractivity contribution in [3.05, 3.63) is 108 Å². The summed E-state index contributed by atoms with van der Waals surface area (Å²) >= 11 is 0. The molecule has 0 saturated heterocycles. The number of hydrogen-bond acceptors (Lipinski definition) is 2. The van der Waals surface area contributed by atoms with E-state index >= 15 is 0 Å². The predicted molar refractivity (Wildman–Crippen MR) is 131 cm³/mol. The van der Waals surface area contributed by atoms with E-state index in [-0.39, 0.29) is 0 Å². The molecule has 2 aromatic heterocycles. The quantitative estimate of drug-likeness (QED) is 0.266. The summed E-state index contributed by atoms with van der Waals surface area (Å²) < 4.78 is 8.35. The zero-order valence-electron chi connectivity index (χ0n) is 20.2. The van der Waals surface area contributed by atoms with Gasteiger partial charge in [0.15, 0.2) is 11.4 Å². The van der Waals surface area contributed by atoms with Gasteiger partial charge in [0.2, 0.25) is 12.7 Å². The minimum Gasteiger partial charge on any atom is -0.380 e. The van der Waals surface area contributed by atoms with E-state index in [0.717, 1.165) is 61.3 Å². The fourth-order valence-corrected chi connectivity index (χ4v) is 4.49. The van der Waals surface area contributed by atoms with Crippen LogP contribution in [0.5, 0.6) is 0 Å². The molecule has 0 radical (unpaired) electrons. The Morgan fingerprint density at radius 3 is 1.38 bits per heavy atom. The van der Waals surface area contributed by atoms with Gasteiger partial charge in [-0.1, -0.05) is 60.7 Å². The van der Waals surface area contributed by atoms with Gasteiger partial charge in [0.25, 0.3) is 0 Å². The van der Waals surface area contributed by atoms with Crippen molar-refractivity contribution < 1.29 is 19.3 Å². The van der Waals surface area contributed by atoms with E-state index in [1.165, 1.54) is 0 Å². The van der Waals surface area contributed by atoms with Gasteiger partial charge >= 0.3 is 0 Å². The maximum Gasteiger partial charge on any atom is 0.243 e. The summed E-state index contributed by atoms with van der Waals surface area (Å²) in [5.74, 6) is 0. The molecule has 4 aromatic rings. The first kappa shape index (κ1) is 23.9. The highest BCUT2D eigenvalue weighted by Crippen LogP contribution is 2.21. The molecule has 4 rings (SSSR count). The number of aromatic nitrogens is 4. The normalized spacial score (nSPS) is 13.2. The second-order valence-electron chi connectivity index (χ2n) is 9.08. The van der Waals surface area contributed by atoms with E-state index in [1.54, 1.807) is 0 Å². The summed E-state index contributed by atoms with van der Waals surface area (Å²) in [6.45, 7) is 1.89. The SMILES string of the molecule is Cn1c[n+](CCCCCC[n+]2cc([C@@H](O)c3ccccc3)n(C)c2)cc1C(O)c1ccccc1. The Morgan fingerprint density at radius 2 is 1.00 bits per heavy atom. The zero-order valence-corrected chi connectivity index (χ0v) is 20.2. The molecule has 0 bridgehead atoms. The standard InChI is InChI=1S/C28H36N4O2/c1-29-21-31(19-25(29)27(33)23-13-7-5-8-14-23)17-11-3-4-12-18-32-20-26(30(2)22-32)28(34)24-15-9-6-10-16-24/h5-10,13-16,19-22,27-28,33-34H,3-4,11-12,17-18H2,1-2H3/q+2/t27-,28?/m0/s1. The van der Waals surface area contributed by atoms with E-state index in [9.17, 15) is 10.2 Å². The van der Waals surface area contributed by atoms with Crippen molar-refractivity contribution in [3.8, 4) is 0 Å². The predicted octanol–water partition coefficient (Wildman–Crippen LogP) is 3.36. The third-order valence-corrected chi connectivity index (χ3v) is 6.43. The van der Waals surface area contributed by atoms with Crippen LogP contribution < -0.4 is 9.13 Å². The van der Waals surface area contributed by atoms with Crippen LogP contribution in [0.4, 0.5) is 0 Å². The van der Waals surface area contributed by atoms with Crippen molar-refractivity contribution in [1.82, 2.24) is 9.13 Å². The van der Waals surface area contributed by atoms with Crippen molar-refractivity contribution >= 4 is 0 Å². The Morgan fingerprint density at radius 1 is 0.618 bits per heavy atom. The third-order valence-electron chi connectivity index (χ3n) is 6.43. The lowest BCUT2D eigenvalue weighted by Crippen LogP contribution is -2.31. The monoisotopic (exact) mass is 460 g/mol. The fraction of sp³-hybridized carbons (Fsp3) is 0.357. The number of benzene rings is 2. The smallest absolute Gasteiger partial charge is 0.243 e. The molecule has 2 N–H and O–H groups in total. The van der Waals surface area contributed by atoms with Crippen LogP contribution in [-0.4, -0.2) is 19.3 Å². The Balaban J connectivity index is 1.21. The molecule has 0 fully saturated rings. The molecule has 0 aliphatic carbocycles. The van der Waals surface area contributed by atoms with Crippen molar-refractivity contribution in [3.63, 3.8) is 0 Å². The zero-order chi connectivity index (χ0) is 23.9. The number of nitrogens with zero attached hydrogens (tertiary/aromatic N) is 4. The molecule has 34 heavy (non-hydrogen) atoms. The average molecular weight is 461 g/mol. The molecule has 2 atom stereocenters. The van der Waals surface area contributed by atoms with E-state index in [4.69, 9.17) is 0 Å². The number of aliphatic hydroxyl groups is 2. The van der Waals surface area contributed by atoms with Crippen LogP contribution in [0.1, 0.15) is 60.4 Å². The highest BCUT2D eigenvalue weighted by molar-refractivity contribution is 5.24. The number of aryl methyl sites for hydroxylation is 4. The highest BCUT2D eigenvalue weighted by atomic mass is 16.3. The lowest BCUT2D eigenvalue weighted by atomic mass is 10.1. The fourth-order valence-electron chi connectivity index (χ4n) is 4.49. The Bertz CT molecular complexity index is 1070. The van der Waals surface area contributed by atoms with E-state index < -0.39 is 12.2 Å². The highest BCUT2D eigenvalue weighted by Gasteiger charge is 2.21. The van der Waals surface area contributed by atoms with Crippen LogP contribution in [0.15, 0.2) is 85.7 Å². The molecule has 2 heterocycles. The van der Waals surface area contributed by atoms with Crippen molar-refractivity contribution in [2.24, 2.45) is 14.1 Å². The van der Waals surface area contributed by atoms with Crippen LogP contribution in [0.3, 0.4) is 0 Å². The van der Waals surface area contributed by atoms with E-state index in [0.29, 0.717) is 0 Å². The molecule has 178 valence electrons. The molecule has 0 saturated carbocycles. The molecule has 6 nitrogen and oxygen atoms in total. The summed E-state index contributed by atoms with van der Waals surface area (Å²) in [5.41, 5.74) is 3.63. The number of hydrogen-bond donors (Lipinski definition) is 2. The van der Waals surface area contributed by atoms with Gasteiger partial charge in [-0.3, -0.25) is 0 Å². The molecule has 0 spiro atoms. The maximum atomic E-state index is 10.7. The third kappa shape index (κ3) is 5.82. The molecule has 2 aromatic carbocycles. The van der Waals surface area contributed by atoms with Crippen LogP contribution >= 0.6 is 0 Å². The summed E-state index contributed by atoms with van der Waals surface area (Å²) in [4.78, 5) is 0. The van der Waals surface area contributed by atoms with Crippen LogP contribution in [0, 0.1) is 0 Å². The van der Waals surface area contributed by atoms with Gasteiger partial charge in [-0.15, -0.1) is 0 Å². The topological polar surface area (TPSA) is 58.1 Å². The summed E-state index contributed by atoms with van der Waals surface area (Å²) in [6.07, 6.45) is 11.5. The van der Waals surface area contributed by atoms with Crippen LogP contribution in [0.25, 0.3) is 0 Å². The lowest BCUT2D eigenvalue weighted by Gasteiger charge is -2.07. The molecule has 0 amide bonds. The summed E-state index contributed by atoms with van der Waals surface area (Å²) in [7, 11) is 3.97. The average Bonchev–Trinajstić information content (AvgIpc) is 3.43. The first-order chi connectivity index (χ1) is 16.5. The van der Waals surface area contributed by atoms with E-state index in [1.807, 2.05) is 83.9 Å². The molecule has 6 heteroatoms. The summed E-state index contributed by atoms with van der Waals surface area (Å²) in [5, 5.41) is 21.4. The molecule has 0 aliphatic heterocycles.